The first kappa shape index (κ1) is 22.4. The molecule has 3 aromatic rings. The minimum Gasteiger partial charge on any atom is -0.379 e. The maximum atomic E-state index is 14.7. The lowest BCUT2D eigenvalue weighted by Crippen LogP contribution is -2.41. The van der Waals surface area contributed by atoms with Gasteiger partial charge in [-0.3, -0.25) is 4.79 Å². The molecule has 0 aliphatic carbocycles. The number of hydrogen-bond donors (Lipinski definition) is 0. The third kappa shape index (κ3) is 4.40. The molecular formula is C23H24FN3O4S2. The topological polar surface area (TPSA) is 79.8 Å². The fourth-order valence-corrected chi connectivity index (χ4v) is 6.89. The molecule has 2 aliphatic heterocycles. The highest BCUT2D eigenvalue weighted by atomic mass is 32.2. The van der Waals surface area contributed by atoms with E-state index in [1.165, 1.54) is 16.4 Å². The molecule has 33 heavy (non-hydrogen) atoms. The highest BCUT2D eigenvalue weighted by Gasteiger charge is 2.31. The van der Waals surface area contributed by atoms with Crippen LogP contribution in [0, 0.1) is 5.82 Å². The fourth-order valence-electron chi connectivity index (χ4n) is 4.36. The van der Waals surface area contributed by atoms with Crippen molar-refractivity contribution in [1.29, 1.82) is 0 Å². The lowest BCUT2D eigenvalue weighted by atomic mass is 9.98. The zero-order chi connectivity index (χ0) is 23.0. The first-order valence-corrected chi connectivity index (χ1v) is 13.2. The minimum atomic E-state index is -3.83. The summed E-state index contributed by atoms with van der Waals surface area (Å²) in [4.78, 5) is 19.5. The Bertz CT molecular complexity index is 1250. The van der Waals surface area contributed by atoms with E-state index in [-0.39, 0.29) is 29.5 Å². The molecule has 2 aliphatic rings. The number of carbonyl (C=O) groups is 1. The number of amides is 1. The number of thiazole rings is 1. The van der Waals surface area contributed by atoms with E-state index in [2.05, 4.69) is 0 Å². The quantitative estimate of drug-likeness (QED) is 0.561. The summed E-state index contributed by atoms with van der Waals surface area (Å²) >= 11 is 1.62. The summed E-state index contributed by atoms with van der Waals surface area (Å²) < 4.78 is 48.3. The summed E-state index contributed by atoms with van der Waals surface area (Å²) in [5.74, 6) is -1.14. The molecule has 0 spiro atoms. The predicted molar refractivity (Wildman–Crippen MR) is 123 cm³/mol. The number of ether oxygens (including phenoxy) is 1. The molecule has 174 valence electrons. The Morgan fingerprint density at radius 1 is 1.12 bits per heavy atom. The Labute approximate surface area is 195 Å². The van der Waals surface area contributed by atoms with Crippen LogP contribution in [0.15, 0.2) is 47.4 Å². The van der Waals surface area contributed by atoms with Gasteiger partial charge >= 0.3 is 0 Å². The SMILES string of the molecule is O=C(c1cc(S(=O)(=O)N2CCOCC2)ccc1F)N1CCCC(c2nc3ccccc3s2)C1. The highest BCUT2D eigenvalue weighted by molar-refractivity contribution is 7.89. The number of aromatic nitrogens is 1. The van der Waals surface area contributed by atoms with Crippen molar-refractivity contribution in [2.24, 2.45) is 0 Å². The van der Waals surface area contributed by atoms with Crippen molar-refractivity contribution in [2.75, 3.05) is 39.4 Å². The Balaban J connectivity index is 1.38. The van der Waals surface area contributed by atoms with Gasteiger partial charge in [0.2, 0.25) is 10.0 Å². The van der Waals surface area contributed by atoms with Crippen molar-refractivity contribution in [3.8, 4) is 0 Å². The number of para-hydroxylation sites is 1. The smallest absolute Gasteiger partial charge is 0.256 e. The molecule has 1 atom stereocenters. The number of sulfonamides is 1. The van der Waals surface area contributed by atoms with Crippen LogP contribution in [0.1, 0.15) is 34.1 Å². The number of hydrogen-bond acceptors (Lipinski definition) is 6. The van der Waals surface area contributed by atoms with E-state index in [9.17, 15) is 17.6 Å². The molecular weight excluding hydrogens is 465 g/mol. The number of carbonyl (C=O) groups excluding carboxylic acids is 1. The van der Waals surface area contributed by atoms with Gasteiger partial charge in [0.05, 0.1) is 38.9 Å². The Morgan fingerprint density at radius 2 is 1.91 bits per heavy atom. The summed E-state index contributed by atoms with van der Waals surface area (Å²) in [5, 5.41) is 0.970. The average Bonchev–Trinajstić information content (AvgIpc) is 3.29. The molecule has 2 saturated heterocycles. The molecule has 0 radical (unpaired) electrons. The second kappa shape index (κ2) is 9.09. The number of rotatable bonds is 4. The van der Waals surface area contributed by atoms with Crippen molar-refractivity contribution in [2.45, 2.75) is 23.7 Å². The summed E-state index contributed by atoms with van der Waals surface area (Å²) in [5.41, 5.74) is 0.724. The number of likely N-dealkylation sites (tertiary alicyclic amines) is 1. The molecule has 7 nitrogen and oxygen atoms in total. The average molecular weight is 490 g/mol. The van der Waals surface area contributed by atoms with E-state index in [1.54, 1.807) is 16.2 Å². The molecule has 1 aromatic heterocycles. The maximum absolute atomic E-state index is 14.7. The van der Waals surface area contributed by atoms with Crippen molar-refractivity contribution < 1.29 is 22.3 Å². The minimum absolute atomic E-state index is 0.0726. The number of morpholine rings is 1. The Morgan fingerprint density at radius 3 is 2.70 bits per heavy atom. The number of fused-ring (bicyclic) bond motifs is 1. The van der Waals surface area contributed by atoms with Gasteiger partial charge in [-0.1, -0.05) is 12.1 Å². The van der Waals surface area contributed by atoms with Gasteiger partial charge in [-0.2, -0.15) is 4.31 Å². The van der Waals surface area contributed by atoms with Crippen LogP contribution in [-0.4, -0.2) is 67.9 Å². The molecule has 2 aromatic carbocycles. The summed E-state index contributed by atoms with van der Waals surface area (Å²) in [7, 11) is -3.83. The number of benzene rings is 2. The zero-order valence-corrected chi connectivity index (χ0v) is 19.6. The largest absolute Gasteiger partial charge is 0.379 e. The normalized spacial score (nSPS) is 20.3. The molecule has 0 bridgehead atoms. The van der Waals surface area contributed by atoms with Crippen LogP contribution in [0.5, 0.6) is 0 Å². The summed E-state index contributed by atoms with van der Waals surface area (Å²) in [6.45, 7) is 2.02. The predicted octanol–water partition coefficient (Wildman–Crippen LogP) is 3.48. The van der Waals surface area contributed by atoms with E-state index in [0.717, 1.165) is 34.1 Å². The summed E-state index contributed by atoms with van der Waals surface area (Å²) in [6.07, 6.45) is 1.68. The lowest BCUT2D eigenvalue weighted by Gasteiger charge is -2.32. The van der Waals surface area contributed by atoms with E-state index in [4.69, 9.17) is 9.72 Å². The molecule has 1 unspecified atom stereocenters. The molecule has 3 heterocycles. The first-order valence-electron chi connectivity index (χ1n) is 11.0. The van der Waals surface area contributed by atoms with E-state index >= 15 is 0 Å². The highest BCUT2D eigenvalue weighted by Crippen LogP contribution is 2.33. The summed E-state index contributed by atoms with van der Waals surface area (Å²) in [6, 6.07) is 11.4. The van der Waals surface area contributed by atoms with Gasteiger partial charge in [-0.25, -0.2) is 17.8 Å². The van der Waals surface area contributed by atoms with Crippen molar-refractivity contribution in [3.05, 3.63) is 58.9 Å². The van der Waals surface area contributed by atoms with Gasteiger partial charge < -0.3 is 9.64 Å². The molecule has 0 saturated carbocycles. The first-order chi connectivity index (χ1) is 15.9. The number of halogens is 1. The van der Waals surface area contributed by atoms with E-state index < -0.39 is 21.7 Å². The van der Waals surface area contributed by atoms with Gasteiger partial charge in [-0.15, -0.1) is 11.3 Å². The van der Waals surface area contributed by atoms with Crippen LogP contribution in [0.25, 0.3) is 10.2 Å². The van der Waals surface area contributed by atoms with Gasteiger partial charge in [0.25, 0.3) is 5.91 Å². The molecule has 10 heteroatoms. The van der Waals surface area contributed by atoms with Crippen LogP contribution < -0.4 is 0 Å². The fraction of sp³-hybridized carbons (Fsp3) is 0.391. The van der Waals surface area contributed by atoms with Crippen molar-refractivity contribution in [1.82, 2.24) is 14.2 Å². The number of piperidine rings is 1. The van der Waals surface area contributed by atoms with E-state index in [1.807, 2.05) is 24.3 Å². The van der Waals surface area contributed by atoms with Crippen molar-refractivity contribution >= 4 is 37.5 Å². The molecule has 0 N–H and O–H groups in total. The second-order valence-electron chi connectivity index (χ2n) is 8.27. The van der Waals surface area contributed by atoms with Gasteiger partial charge in [0, 0.05) is 32.1 Å². The van der Waals surface area contributed by atoms with Gasteiger partial charge in [-0.05, 0) is 43.2 Å². The Kier molecular flexibility index (Phi) is 6.17. The third-order valence-electron chi connectivity index (χ3n) is 6.14. The molecule has 2 fully saturated rings. The van der Waals surface area contributed by atoms with Gasteiger partial charge in [0.1, 0.15) is 5.82 Å². The molecule has 1 amide bonds. The maximum Gasteiger partial charge on any atom is 0.256 e. The zero-order valence-electron chi connectivity index (χ0n) is 17.9. The number of nitrogens with zero attached hydrogens (tertiary/aromatic N) is 3. The third-order valence-corrected chi connectivity index (χ3v) is 9.24. The monoisotopic (exact) mass is 489 g/mol. The standard InChI is InChI=1S/C23H24FN3O4S2/c24-19-8-7-17(33(29,30)27-10-12-31-13-11-27)14-18(19)23(28)26-9-3-4-16(15-26)22-25-20-5-1-2-6-21(20)32-22/h1-2,5-8,14,16H,3-4,9-13,15H2. The molecule has 5 rings (SSSR count). The van der Waals surface area contributed by atoms with Crippen LogP contribution in [-0.2, 0) is 14.8 Å². The van der Waals surface area contributed by atoms with Gasteiger partial charge in [0.15, 0.2) is 0 Å². The van der Waals surface area contributed by atoms with Crippen LogP contribution in [0.4, 0.5) is 4.39 Å². The van der Waals surface area contributed by atoms with Crippen LogP contribution in [0.2, 0.25) is 0 Å². The Hall–Kier alpha value is -2.40. The van der Waals surface area contributed by atoms with Crippen LogP contribution in [0.3, 0.4) is 0 Å². The lowest BCUT2D eigenvalue weighted by molar-refractivity contribution is 0.0701. The van der Waals surface area contributed by atoms with Crippen LogP contribution >= 0.6 is 11.3 Å². The second-order valence-corrected chi connectivity index (χ2v) is 11.3. The van der Waals surface area contributed by atoms with Crippen molar-refractivity contribution in [3.63, 3.8) is 0 Å². The van der Waals surface area contributed by atoms with E-state index in [0.29, 0.717) is 26.3 Å².